The van der Waals surface area contributed by atoms with E-state index in [-0.39, 0.29) is 12.0 Å². The van der Waals surface area contributed by atoms with Gasteiger partial charge in [0.05, 0.1) is 0 Å². The Kier molecular flexibility index (Phi) is 6.73. The largest absolute Gasteiger partial charge is 0.209 e. The highest BCUT2D eigenvalue weighted by Gasteiger charge is 2.11. The molecule has 0 nitrogen and oxygen atoms in total. The molecule has 0 atom stereocenters. The van der Waals surface area contributed by atoms with Crippen LogP contribution in [0.5, 0.6) is 0 Å². The summed E-state index contributed by atoms with van der Waals surface area (Å²) in [6.45, 7) is 1.77. The van der Waals surface area contributed by atoms with E-state index < -0.39 is 29.1 Å². The predicted molar refractivity (Wildman–Crippen MR) is 88.8 cm³/mol. The van der Waals surface area contributed by atoms with Crippen LogP contribution < -0.4 is 0 Å². The fourth-order valence-electron chi connectivity index (χ4n) is 2.55. The Morgan fingerprint density at radius 3 is 1.96 bits per heavy atom. The van der Waals surface area contributed by atoms with E-state index in [0.717, 1.165) is 17.7 Å². The molecule has 2 aromatic rings. The molecule has 0 N–H and O–H groups in total. The summed E-state index contributed by atoms with van der Waals surface area (Å²) in [6.07, 6.45) is 2.17. The zero-order valence-corrected chi connectivity index (χ0v) is 13.9. The Labute approximate surface area is 144 Å². The molecular formula is C20H19F5. The van der Waals surface area contributed by atoms with E-state index in [1.54, 1.807) is 19.1 Å². The quantitative estimate of drug-likeness (QED) is 0.384. The summed E-state index contributed by atoms with van der Waals surface area (Å²) in [6, 6.07) is 8.38. The lowest BCUT2D eigenvalue weighted by atomic mass is 10.0. The van der Waals surface area contributed by atoms with Gasteiger partial charge in [-0.05, 0) is 48.9 Å². The van der Waals surface area contributed by atoms with Gasteiger partial charge in [-0.15, -0.1) is 0 Å². The lowest BCUT2D eigenvalue weighted by Crippen LogP contribution is -1.96. The number of hydrogen-bond acceptors (Lipinski definition) is 0. The van der Waals surface area contributed by atoms with E-state index in [1.807, 2.05) is 0 Å². The van der Waals surface area contributed by atoms with Gasteiger partial charge >= 0.3 is 0 Å². The van der Waals surface area contributed by atoms with Crippen molar-refractivity contribution in [2.45, 2.75) is 39.0 Å². The van der Waals surface area contributed by atoms with Crippen LogP contribution in [0, 0.1) is 17.5 Å². The van der Waals surface area contributed by atoms with Crippen molar-refractivity contribution in [2.75, 3.05) is 0 Å². The van der Waals surface area contributed by atoms with Crippen molar-refractivity contribution in [3.05, 3.63) is 76.4 Å². The summed E-state index contributed by atoms with van der Waals surface area (Å²) in [5, 5.41) is 0. The molecule has 0 saturated carbocycles. The van der Waals surface area contributed by atoms with Crippen LogP contribution >= 0.6 is 0 Å². The van der Waals surface area contributed by atoms with Crippen molar-refractivity contribution in [3.63, 3.8) is 0 Å². The highest BCUT2D eigenvalue weighted by atomic mass is 19.2. The topological polar surface area (TPSA) is 0 Å². The summed E-state index contributed by atoms with van der Waals surface area (Å²) in [7, 11) is 0. The van der Waals surface area contributed by atoms with Crippen LogP contribution in [0.2, 0.25) is 0 Å². The molecule has 0 radical (unpaired) electrons. The van der Waals surface area contributed by atoms with Gasteiger partial charge in [-0.3, -0.25) is 0 Å². The van der Waals surface area contributed by atoms with Crippen molar-refractivity contribution >= 4 is 5.83 Å². The fourth-order valence-corrected chi connectivity index (χ4v) is 2.55. The molecule has 0 bridgehead atoms. The molecule has 134 valence electrons. The van der Waals surface area contributed by atoms with Gasteiger partial charge in [-0.1, -0.05) is 31.2 Å². The van der Waals surface area contributed by atoms with Crippen molar-refractivity contribution in [3.8, 4) is 0 Å². The molecular weight excluding hydrogens is 335 g/mol. The SMILES string of the molecule is CCCC(F)=C(F)c1ccc(CCCc2cc(F)c(F)c(F)c2)cc1. The van der Waals surface area contributed by atoms with E-state index in [9.17, 15) is 22.0 Å². The molecule has 5 heteroatoms. The zero-order valence-electron chi connectivity index (χ0n) is 13.9. The summed E-state index contributed by atoms with van der Waals surface area (Å²) in [4.78, 5) is 0. The Bertz CT molecular complexity index is 724. The molecule has 0 aliphatic carbocycles. The monoisotopic (exact) mass is 354 g/mol. The van der Waals surface area contributed by atoms with Crippen molar-refractivity contribution in [1.82, 2.24) is 0 Å². The van der Waals surface area contributed by atoms with Crippen LogP contribution in [-0.4, -0.2) is 0 Å². The number of rotatable bonds is 7. The molecule has 25 heavy (non-hydrogen) atoms. The van der Waals surface area contributed by atoms with Gasteiger partial charge in [0, 0.05) is 12.0 Å². The number of allylic oxidation sites excluding steroid dienone is 1. The zero-order chi connectivity index (χ0) is 18.4. The van der Waals surface area contributed by atoms with E-state index in [2.05, 4.69) is 0 Å². The molecule has 2 rings (SSSR count). The van der Waals surface area contributed by atoms with Crippen LogP contribution in [-0.2, 0) is 12.8 Å². The maximum atomic E-state index is 13.8. The summed E-state index contributed by atoms with van der Waals surface area (Å²) < 4.78 is 66.5. The third-order valence-corrected chi connectivity index (χ3v) is 3.89. The molecule has 0 heterocycles. The lowest BCUT2D eigenvalue weighted by molar-refractivity contribution is 0.445. The summed E-state index contributed by atoms with van der Waals surface area (Å²) in [5.41, 5.74) is 1.47. The summed E-state index contributed by atoms with van der Waals surface area (Å²) in [5.74, 6) is -5.46. The van der Waals surface area contributed by atoms with Crippen molar-refractivity contribution in [2.24, 2.45) is 0 Å². The highest BCUT2D eigenvalue weighted by Crippen LogP contribution is 2.25. The Morgan fingerprint density at radius 1 is 0.840 bits per heavy atom. The minimum absolute atomic E-state index is 0.0678. The molecule has 0 fully saturated rings. The minimum atomic E-state index is -1.47. The fraction of sp³-hybridized carbons (Fsp3) is 0.300. The first-order chi connectivity index (χ1) is 11.9. The van der Waals surface area contributed by atoms with Gasteiger partial charge in [-0.2, -0.15) is 0 Å². The molecule has 2 aromatic carbocycles. The molecule has 0 amide bonds. The third-order valence-electron chi connectivity index (χ3n) is 3.89. The Balaban J connectivity index is 1.95. The second-order valence-corrected chi connectivity index (χ2v) is 5.89. The van der Waals surface area contributed by atoms with E-state index in [1.165, 1.54) is 12.1 Å². The van der Waals surface area contributed by atoms with Crippen LogP contribution in [0.15, 0.2) is 42.2 Å². The van der Waals surface area contributed by atoms with E-state index in [4.69, 9.17) is 0 Å². The Hall–Kier alpha value is -2.17. The molecule has 0 spiro atoms. The van der Waals surface area contributed by atoms with E-state index >= 15 is 0 Å². The van der Waals surface area contributed by atoms with Gasteiger partial charge in [0.2, 0.25) is 0 Å². The highest BCUT2D eigenvalue weighted by molar-refractivity contribution is 5.61. The minimum Gasteiger partial charge on any atom is -0.209 e. The van der Waals surface area contributed by atoms with Crippen molar-refractivity contribution in [1.29, 1.82) is 0 Å². The van der Waals surface area contributed by atoms with Gasteiger partial charge in [0.1, 0.15) is 5.83 Å². The Morgan fingerprint density at radius 2 is 1.40 bits per heavy atom. The van der Waals surface area contributed by atoms with E-state index in [0.29, 0.717) is 31.2 Å². The maximum absolute atomic E-state index is 13.8. The molecule has 0 aliphatic heterocycles. The molecule has 0 aromatic heterocycles. The predicted octanol–water partition coefficient (Wildman–Crippen LogP) is 6.69. The van der Waals surface area contributed by atoms with Gasteiger partial charge in [-0.25, -0.2) is 22.0 Å². The first-order valence-electron chi connectivity index (χ1n) is 8.19. The first-order valence-corrected chi connectivity index (χ1v) is 8.19. The van der Waals surface area contributed by atoms with Crippen molar-refractivity contribution < 1.29 is 22.0 Å². The van der Waals surface area contributed by atoms with Crippen LogP contribution in [0.25, 0.3) is 5.83 Å². The lowest BCUT2D eigenvalue weighted by Gasteiger charge is -2.06. The van der Waals surface area contributed by atoms with Crippen LogP contribution in [0.1, 0.15) is 42.9 Å². The maximum Gasteiger partial charge on any atom is 0.194 e. The second kappa shape index (κ2) is 8.79. The van der Waals surface area contributed by atoms with Gasteiger partial charge in [0.25, 0.3) is 0 Å². The number of hydrogen-bond donors (Lipinski definition) is 0. The van der Waals surface area contributed by atoms with Crippen LogP contribution in [0.4, 0.5) is 22.0 Å². The average Bonchev–Trinajstić information content (AvgIpc) is 2.60. The summed E-state index contributed by atoms with van der Waals surface area (Å²) >= 11 is 0. The number of aryl methyl sites for hydroxylation is 2. The molecule has 0 unspecified atom stereocenters. The van der Waals surface area contributed by atoms with Gasteiger partial charge < -0.3 is 0 Å². The number of halogens is 5. The standard InChI is InChI=1S/C20H19F5/c1-2-4-16(21)19(24)15-9-7-13(8-10-15)5-3-6-14-11-17(22)20(25)18(23)12-14/h7-12H,2-6H2,1H3. The first kappa shape index (κ1) is 19.2. The molecule has 0 saturated heterocycles. The third kappa shape index (κ3) is 5.15. The molecule has 0 aliphatic rings. The van der Waals surface area contributed by atoms with Gasteiger partial charge in [0.15, 0.2) is 23.3 Å². The van der Waals surface area contributed by atoms with Crippen LogP contribution in [0.3, 0.4) is 0 Å². The second-order valence-electron chi connectivity index (χ2n) is 5.89. The smallest absolute Gasteiger partial charge is 0.194 e. The average molecular weight is 354 g/mol. The normalized spacial score (nSPS) is 12.2. The number of benzene rings is 2.